The number of piperazine rings is 1. The minimum Gasteiger partial charge on any atom is -0.481 e. The highest BCUT2D eigenvalue weighted by Crippen LogP contribution is 2.23. The Morgan fingerprint density at radius 1 is 1.67 bits per heavy atom. The van der Waals surface area contributed by atoms with E-state index in [2.05, 4.69) is 21.2 Å². The topological polar surface area (TPSA) is 69.6 Å². The highest BCUT2D eigenvalue weighted by Gasteiger charge is 2.31. The lowest BCUT2D eigenvalue weighted by molar-refractivity contribution is -0.143. The van der Waals surface area contributed by atoms with Gasteiger partial charge in [-0.3, -0.25) is 14.5 Å². The molecule has 0 radical (unpaired) electrons. The van der Waals surface area contributed by atoms with Crippen LogP contribution in [0.1, 0.15) is 12.0 Å². The molecule has 18 heavy (non-hydrogen) atoms. The zero-order valence-electron chi connectivity index (χ0n) is 9.56. The van der Waals surface area contributed by atoms with Crippen LogP contribution in [-0.2, 0) is 16.1 Å². The van der Waals surface area contributed by atoms with E-state index in [-0.39, 0.29) is 12.3 Å². The summed E-state index contributed by atoms with van der Waals surface area (Å²) in [5.41, 5.74) is 1.09. The monoisotopic (exact) mass is 332 g/mol. The second kappa shape index (κ2) is 5.81. The van der Waals surface area contributed by atoms with Crippen molar-refractivity contribution in [2.75, 3.05) is 13.1 Å². The first kappa shape index (κ1) is 13.5. The molecule has 0 aromatic carbocycles. The van der Waals surface area contributed by atoms with Crippen LogP contribution in [0.4, 0.5) is 0 Å². The van der Waals surface area contributed by atoms with E-state index < -0.39 is 12.0 Å². The van der Waals surface area contributed by atoms with E-state index >= 15 is 0 Å². The molecule has 7 heteroatoms. The standard InChI is InChI=1S/C11H13BrN2O3S/c12-9-3-7(6-18-9)5-14-2-1-13-11(17)8(14)4-10(15)16/h3,6,8H,1-2,4-5H2,(H,13,17)(H,15,16). The molecular formula is C11H13BrN2O3S. The quantitative estimate of drug-likeness (QED) is 0.871. The van der Waals surface area contributed by atoms with Crippen molar-refractivity contribution in [2.24, 2.45) is 0 Å². The van der Waals surface area contributed by atoms with Gasteiger partial charge in [-0.25, -0.2) is 0 Å². The number of halogens is 1. The molecule has 0 spiro atoms. The molecule has 1 atom stereocenters. The van der Waals surface area contributed by atoms with Crippen molar-refractivity contribution < 1.29 is 14.7 Å². The van der Waals surface area contributed by atoms with Gasteiger partial charge >= 0.3 is 5.97 Å². The third kappa shape index (κ3) is 3.30. The van der Waals surface area contributed by atoms with Crippen molar-refractivity contribution in [1.29, 1.82) is 0 Å². The molecule has 2 heterocycles. The smallest absolute Gasteiger partial charge is 0.305 e. The van der Waals surface area contributed by atoms with E-state index in [4.69, 9.17) is 5.11 Å². The van der Waals surface area contributed by atoms with E-state index in [1.807, 2.05) is 16.3 Å². The Morgan fingerprint density at radius 3 is 3.06 bits per heavy atom. The van der Waals surface area contributed by atoms with E-state index in [0.29, 0.717) is 19.6 Å². The number of carbonyl (C=O) groups is 2. The summed E-state index contributed by atoms with van der Waals surface area (Å²) in [6, 6.07) is 1.42. The molecule has 0 aliphatic carbocycles. The van der Waals surface area contributed by atoms with Gasteiger partial charge in [0.15, 0.2) is 0 Å². The van der Waals surface area contributed by atoms with Gasteiger partial charge < -0.3 is 10.4 Å². The Hall–Kier alpha value is -0.920. The number of carboxylic acid groups (broad SMARTS) is 1. The summed E-state index contributed by atoms with van der Waals surface area (Å²) in [5, 5.41) is 13.6. The van der Waals surface area contributed by atoms with Gasteiger partial charge in [-0.1, -0.05) is 0 Å². The average Bonchev–Trinajstić information content (AvgIpc) is 2.69. The molecule has 2 N–H and O–H groups in total. The van der Waals surface area contributed by atoms with Crippen LogP contribution in [0.15, 0.2) is 15.2 Å². The van der Waals surface area contributed by atoms with Gasteiger partial charge in [-0.2, -0.15) is 0 Å². The number of carbonyl (C=O) groups excluding carboxylic acids is 1. The second-order valence-corrected chi connectivity index (χ2v) is 6.42. The van der Waals surface area contributed by atoms with Crippen molar-refractivity contribution in [3.8, 4) is 0 Å². The van der Waals surface area contributed by atoms with Crippen LogP contribution in [0.3, 0.4) is 0 Å². The molecule has 1 amide bonds. The van der Waals surface area contributed by atoms with E-state index in [9.17, 15) is 9.59 Å². The molecular weight excluding hydrogens is 320 g/mol. The van der Waals surface area contributed by atoms with Crippen LogP contribution in [-0.4, -0.2) is 41.0 Å². The zero-order chi connectivity index (χ0) is 13.1. The molecule has 0 saturated carbocycles. The zero-order valence-corrected chi connectivity index (χ0v) is 12.0. The number of carboxylic acids is 1. The molecule has 98 valence electrons. The maximum atomic E-state index is 11.7. The maximum Gasteiger partial charge on any atom is 0.305 e. The van der Waals surface area contributed by atoms with Crippen LogP contribution in [0.5, 0.6) is 0 Å². The first-order valence-electron chi connectivity index (χ1n) is 5.52. The number of aliphatic carboxylic acids is 1. The van der Waals surface area contributed by atoms with Crippen molar-refractivity contribution in [3.05, 3.63) is 20.8 Å². The van der Waals surface area contributed by atoms with Crippen LogP contribution < -0.4 is 5.32 Å². The van der Waals surface area contributed by atoms with Gasteiger partial charge in [-0.05, 0) is 32.9 Å². The first-order chi connectivity index (χ1) is 8.56. The molecule has 2 rings (SSSR count). The minimum absolute atomic E-state index is 0.156. The van der Waals surface area contributed by atoms with E-state index in [1.54, 1.807) is 11.3 Å². The molecule has 1 fully saturated rings. The summed E-state index contributed by atoms with van der Waals surface area (Å²) in [4.78, 5) is 24.4. The van der Waals surface area contributed by atoms with Gasteiger partial charge in [0.2, 0.25) is 5.91 Å². The molecule has 1 aliphatic heterocycles. The minimum atomic E-state index is -0.950. The number of nitrogens with one attached hydrogen (secondary N) is 1. The van der Waals surface area contributed by atoms with Crippen molar-refractivity contribution in [3.63, 3.8) is 0 Å². The van der Waals surface area contributed by atoms with Crippen molar-refractivity contribution in [1.82, 2.24) is 10.2 Å². The molecule has 0 bridgehead atoms. The summed E-state index contributed by atoms with van der Waals surface area (Å²) in [6.45, 7) is 1.85. The van der Waals surface area contributed by atoms with Crippen LogP contribution >= 0.6 is 27.3 Å². The Balaban J connectivity index is 2.07. The number of hydrogen-bond acceptors (Lipinski definition) is 4. The number of amides is 1. The van der Waals surface area contributed by atoms with Gasteiger partial charge in [0, 0.05) is 19.6 Å². The fraction of sp³-hybridized carbons (Fsp3) is 0.455. The molecule has 1 aromatic rings. The van der Waals surface area contributed by atoms with Gasteiger partial charge in [-0.15, -0.1) is 11.3 Å². The first-order valence-corrected chi connectivity index (χ1v) is 7.20. The largest absolute Gasteiger partial charge is 0.481 e. The summed E-state index contributed by atoms with van der Waals surface area (Å²) < 4.78 is 1.04. The summed E-state index contributed by atoms with van der Waals surface area (Å²) in [6.07, 6.45) is -0.156. The fourth-order valence-electron chi connectivity index (χ4n) is 2.00. The van der Waals surface area contributed by atoms with Crippen LogP contribution in [0.2, 0.25) is 0 Å². The predicted octanol–water partition coefficient (Wildman–Crippen LogP) is 1.29. The molecule has 5 nitrogen and oxygen atoms in total. The number of thiophene rings is 1. The predicted molar refractivity (Wildman–Crippen MR) is 71.5 cm³/mol. The Labute approximate surface area is 117 Å². The number of hydrogen-bond donors (Lipinski definition) is 2. The Kier molecular flexibility index (Phi) is 4.36. The third-order valence-electron chi connectivity index (χ3n) is 2.82. The van der Waals surface area contributed by atoms with Crippen molar-refractivity contribution >= 4 is 39.1 Å². The average molecular weight is 333 g/mol. The summed E-state index contributed by atoms with van der Waals surface area (Å²) >= 11 is 4.97. The normalized spacial score (nSPS) is 20.7. The number of nitrogens with zero attached hydrogens (tertiary/aromatic N) is 1. The fourth-order valence-corrected chi connectivity index (χ4v) is 3.20. The van der Waals surface area contributed by atoms with Gasteiger partial charge in [0.1, 0.15) is 6.04 Å². The SMILES string of the molecule is O=C(O)CC1C(=O)NCCN1Cc1csc(Br)c1. The lowest BCUT2D eigenvalue weighted by atomic mass is 10.1. The van der Waals surface area contributed by atoms with Gasteiger partial charge in [0.05, 0.1) is 10.2 Å². The Morgan fingerprint density at radius 2 is 2.44 bits per heavy atom. The summed E-state index contributed by atoms with van der Waals surface area (Å²) in [5.74, 6) is -1.15. The molecule has 1 aromatic heterocycles. The van der Waals surface area contributed by atoms with Crippen molar-refractivity contribution in [2.45, 2.75) is 19.0 Å². The molecule has 1 saturated heterocycles. The van der Waals surface area contributed by atoms with Crippen LogP contribution in [0, 0.1) is 0 Å². The number of rotatable bonds is 4. The second-order valence-electron chi connectivity index (χ2n) is 4.13. The summed E-state index contributed by atoms with van der Waals surface area (Å²) in [7, 11) is 0. The van der Waals surface area contributed by atoms with E-state index in [0.717, 1.165) is 9.35 Å². The van der Waals surface area contributed by atoms with Crippen LogP contribution in [0.25, 0.3) is 0 Å². The highest BCUT2D eigenvalue weighted by molar-refractivity contribution is 9.11. The highest BCUT2D eigenvalue weighted by atomic mass is 79.9. The lowest BCUT2D eigenvalue weighted by Gasteiger charge is -2.33. The maximum absolute atomic E-state index is 11.7. The Bertz CT molecular complexity index is 463. The lowest BCUT2D eigenvalue weighted by Crippen LogP contribution is -2.55. The molecule has 1 aliphatic rings. The molecule has 1 unspecified atom stereocenters. The van der Waals surface area contributed by atoms with Gasteiger partial charge in [0.25, 0.3) is 0 Å². The van der Waals surface area contributed by atoms with E-state index in [1.165, 1.54) is 0 Å². The third-order valence-corrected chi connectivity index (χ3v) is 4.37.